The van der Waals surface area contributed by atoms with Gasteiger partial charge in [-0.15, -0.1) is 23.2 Å². The largest absolute Gasteiger partial charge is 1.00 e. The molecule has 1 unspecified atom stereocenters. The maximum atomic E-state index is 12.7. The number of carbonyl (C=O) groups is 6. The number of anilines is 3. The predicted octanol–water partition coefficient (Wildman–Crippen LogP) is 3.88. The van der Waals surface area contributed by atoms with Crippen molar-refractivity contribution in [2.75, 3.05) is 42.5 Å². The van der Waals surface area contributed by atoms with Crippen molar-refractivity contribution in [3.63, 3.8) is 0 Å². The third-order valence-electron chi connectivity index (χ3n) is 10.6. The monoisotopic (exact) mass is 953 g/mol. The molecule has 8 N–H and O–H groups in total. The Hall–Kier alpha value is -4.87. The Bertz CT molecular complexity index is 2000. The summed E-state index contributed by atoms with van der Waals surface area (Å²) in [7, 11) is 2.47. The van der Waals surface area contributed by atoms with E-state index in [2.05, 4.69) is 20.1 Å². The summed E-state index contributed by atoms with van der Waals surface area (Å²) in [5, 5.41) is 31.5. The molecule has 3 aliphatic carbocycles. The first-order valence-corrected chi connectivity index (χ1v) is 20.4. The summed E-state index contributed by atoms with van der Waals surface area (Å²) in [4.78, 5) is 68.2. The van der Waals surface area contributed by atoms with Crippen LogP contribution >= 0.6 is 23.2 Å². The quantitative estimate of drug-likeness (QED) is 0.0615. The number of carboxylic acid groups (broad SMARTS) is 2. The Balaban J connectivity index is 0.000000805. The molecule has 354 valence electrons. The zero-order chi connectivity index (χ0) is 47.7. The van der Waals surface area contributed by atoms with E-state index in [1.54, 1.807) is 13.8 Å². The van der Waals surface area contributed by atoms with Gasteiger partial charge >= 0.3 is 42.7 Å². The second kappa shape index (κ2) is 27.6. The number of aliphatic carboxylic acids is 2. The number of nitrogen functional groups attached to an aromatic ring is 1. The number of esters is 2. The van der Waals surface area contributed by atoms with E-state index in [0.29, 0.717) is 36.3 Å². The molecule has 0 aromatic heterocycles. The second-order valence-corrected chi connectivity index (χ2v) is 15.7. The minimum absolute atomic E-state index is 0. The van der Waals surface area contributed by atoms with Gasteiger partial charge in [-0.05, 0) is 116 Å². The number of hydrogen-bond donors (Lipinski definition) is 6. The van der Waals surface area contributed by atoms with Gasteiger partial charge < -0.3 is 51.4 Å². The standard InChI is InChI=1S/C13H14FNO3.C12H12FNO3.C7H10O4.C6H6FN.C4H8O2.CH2Cl2.Li.H2O/c1-8-7-13(8,12(17)18-2)11(16)15-10-5-3-9(14)4-6-10;1-7-6-12(7,11(16)17)10(15)14-9-4-2-8(13)3-5-9;1-4-3-7(4,5(8)9)6(10)11-2;7-5-1-3-6(8)4-2-5;5-4-2-1-3-6-4;2-1-3;;/h3-6,8H,7H2,1-2H3,(H,15,16);2-5,7H,6H2,1H3,(H,14,15)(H,16,17);4H,3H2,1-2H3,(H,8,9);1-4H,8H2;4-5H,1-3H2;1H2;;1H2/q;;;;;;+1;/p-1/t8-,13+;7-,12+;4-,7+;;;;;/m111...../s1. The van der Waals surface area contributed by atoms with Crippen LogP contribution in [0.4, 0.5) is 30.2 Å². The van der Waals surface area contributed by atoms with E-state index >= 15 is 0 Å². The van der Waals surface area contributed by atoms with Crippen molar-refractivity contribution >= 4 is 76.0 Å². The summed E-state index contributed by atoms with van der Waals surface area (Å²) in [6.07, 6.45) is 2.60. The van der Waals surface area contributed by atoms with Gasteiger partial charge in [-0.3, -0.25) is 28.8 Å². The summed E-state index contributed by atoms with van der Waals surface area (Å²) < 4.78 is 51.2. The van der Waals surface area contributed by atoms with E-state index in [9.17, 15) is 41.9 Å². The Morgan fingerprint density at radius 3 is 1.20 bits per heavy atom. The van der Waals surface area contributed by atoms with Crippen molar-refractivity contribution in [2.45, 2.75) is 59.2 Å². The topological polar surface area (TPSA) is 271 Å². The number of alkyl halides is 2. The van der Waals surface area contributed by atoms with Crippen LogP contribution in [-0.2, 0) is 43.0 Å². The third-order valence-corrected chi connectivity index (χ3v) is 10.6. The van der Waals surface area contributed by atoms with Crippen LogP contribution in [0.15, 0.2) is 72.8 Å². The number of carboxylic acids is 2. The molecule has 4 aliphatic rings. The van der Waals surface area contributed by atoms with Crippen molar-refractivity contribution in [1.82, 2.24) is 0 Å². The number of aliphatic hydroxyl groups excluding tert-OH is 1. The molecule has 1 heterocycles. The number of rotatable bonds is 8. The van der Waals surface area contributed by atoms with E-state index in [1.165, 1.54) is 87.0 Å². The molecule has 2 amide bonds. The van der Waals surface area contributed by atoms with Crippen molar-refractivity contribution in [3.8, 4) is 0 Å². The van der Waals surface area contributed by atoms with Gasteiger partial charge in [0.2, 0.25) is 11.8 Å². The molecule has 16 nitrogen and oxygen atoms in total. The van der Waals surface area contributed by atoms with Gasteiger partial charge in [-0.2, -0.15) is 0 Å². The Labute approximate surface area is 396 Å². The van der Waals surface area contributed by atoms with Gasteiger partial charge in [0.15, 0.2) is 11.7 Å². The van der Waals surface area contributed by atoms with Crippen molar-refractivity contribution < 1.29 is 95.8 Å². The van der Waals surface area contributed by atoms with Crippen LogP contribution < -0.4 is 35.2 Å². The number of nitrogens with two attached hydrogens (primary N) is 1. The molecule has 7 rings (SSSR count). The minimum atomic E-state index is -1.31. The van der Waals surface area contributed by atoms with Crippen LogP contribution in [0.3, 0.4) is 0 Å². The van der Waals surface area contributed by atoms with Crippen molar-refractivity contribution in [2.24, 2.45) is 34.0 Å². The zero-order valence-electron chi connectivity index (χ0n) is 36.6. The average molecular weight is 955 g/mol. The summed E-state index contributed by atoms with van der Waals surface area (Å²) in [6, 6.07) is 16.3. The normalized spacial score (nSPS) is 24.4. The molecule has 22 heteroatoms. The molecule has 1 saturated heterocycles. The number of ether oxygens (including phenoxy) is 3. The van der Waals surface area contributed by atoms with E-state index in [4.69, 9.17) is 49.0 Å². The van der Waals surface area contributed by atoms with E-state index in [1.807, 2.05) is 6.92 Å². The molecule has 65 heavy (non-hydrogen) atoms. The molecular weight excluding hydrogens is 901 g/mol. The number of aliphatic hydroxyl groups is 1. The second-order valence-electron chi connectivity index (χ2n) is 14.9. The maximum absolute atomic E-state index is 12.7. The minimum Gasteiger partial charge on any atom is -0.870 e. The number of benzene rings is 3. The van der Waals surface area contributed by atoms with Crippen molar-refractivity contribution in [3.05, 3.63) is 90.2 Å². The molecule has 0 spiro atoms. The first-order chi connectivity index (χ1) is 29.6. The van der Waals surface area contributed by atoms with Crippen LogP contribution in [0.2, 0.25) is 0 Å². The smallest absolute Gasteiger partial charge is 0.870 e. The summed E-state index contributed by atoms with van der Waals surface area (Å²) in [5.74, 6) is -5.59. The van der Waals surface area contributed by atoms with Crippen LogP contribution in [0.5, 0.6) is 0 Å². The molecule has 0 bridgehead atoms. The fourth-order valence-corrected chi connectivity index (χ4v) is 6.29. The summed E-state index contributed by atoms with van der Waals surface area (Å²) in [5.41, 5.74) is 3.09. The molecule has 3 saturated carbocycles. The zero-order valence-corrected chi connectivity index (χ0v) is 38.1. The van der Waals surface area contributed by atoms with Crippen LogP contribution in [0.25, 0.3) is 0 Å². The number of methoxy groups -OCH3 is 2. The average Bonchev–Trinajstić information content (AvgIpc) is 4.20. The van der Waals surface area contributed by atoms with Gasteiger partial charge in [0.1, 0.15) is 28.3 Å². The van der Waals surface area contributed by atoms with Gasteiger partial charge in [0.05, 0.1) is 19.6 Å². The first-order valence-electron chi connectivity index (χ1n) is 19.3. The predicted molar refractivity (Wildman–Crippen MR) is 229 cm³/mol. The Kier molecular flexibility index (Phi) is 25.5. The molecule has 0 radical (unpaired) electrons. The Morgan fingerprint density at radius 1 is 0.677 bits per heavy atom. The molecule has 7 atom stereocenters. The van der Waals surface area contributed by atoms with E-state index < -0.39 is 64.0 Å². The number of nitrogens with one attached hydrogen (secondary N) is 2. The van der Waals surface area contributed by atoms with Gasteiger partial charge in [0.25, 0.3) is 0 Å². The van der Waals surface area contributed by atoms with E-state index in [0.717, 1.165) is 19.4 Å². The Morgan fingerprint density at radius 2 is 0.985 bits per heavy atom. The van der Waals surface area contributed by atoms with Crippen molar-refractivity contribution in [1.29, 1.82) is 0 Å². The molecule has 3 aromatic carbocycles. The van der Waals surface area contributed by atoms with Crippen LogP contribution in [0, 0.1) is 51.5 Å². The fourth-order valence-electron chi connectivity index (χ4n) is 6.29. The molecular formula is C43H53Cl2F3LiN3O13. The first kappa shape index (κ1) is 60.1. The number of halogens is 5. The number of hydrogen-bond acceptors (Lipinski definition) is 12. The van der Waals surface area contributed by atoms with Gasteiger partial charge in [-0.25, -0.2) is 13.2 Å². The number of carbonyl (C=O) groups excluding carboxylic acids is 4. The molecule has 3 aromatic rings. The van der Waals surface area contributed by atoms with E-state index in [-0.39, 0.29) is 59.1 Å². The molecule has 4 fully saturated rings. The third kappa shape index (κ3) is 16.8. The van der Waals surface area contributed by atoms with Crippen LogP contribution in [0.1, 0.15) is 52.9 Å². The SMILES string of the molecule is COC(=O)[C@@]1(C(=O)Nc2ccc(F)cc2)C[C@H]1C.COC(=O)[C@@]1(C(=O)O)C[C@H]1C.C[C@@H]1C[C@@]1(C(=O)O)C(=O)Nc1ccc(F)cc1.ClCCl.Nc1ccc(F)cc1.OC1CCCO1.[Li+].[OH-]. The van der Waals surface area contributed by atoms with Gasteiger partial charge in [-0.1, -0.05) is 20.8 Å². The number of amides is 2. The van der Waals surface area contributed by atoms with Gasteiger partial charge in [0, 0.05) is 30.1 Å². The summed E-state index contributed by atoms with van der Waals surface area (Å²) >= 11 is 9.53. The summed E-state index contributed by atoms with van der Waals surface area (Å²) in [6.45, 7) is 6.01. The molecule has 1 aliphatic heterocycles. The van der Waals surface area contributed by atoms with Crippen LogP contribution in [-0.4, -0.2) is 88.9 Å². The fraction of sp³-hybridized carbons (Fsp3) is 0.442. The maximum Gasteiger partial charge on any atom is 1.00 e.